The van der Waals surface area contributed by atoms with E-state index in [1.54, 1.807) is 4.90 Å². The maximum absolute atomic E-state index is 13.7. The first-order valence-electron chi connectivity index (χ1n) is 12.9. The van der Waals surface area contributed by atoms with E-state index in [0.717, 1.165) is 54.8 Å². The van der Waals surface area contributed by atoms with Gasteiger partial charge in [-0.3, -0.25) is 9.59 Å². The zero-order chi connectivity index (χ0) is 24.5. The molecule has 1 aliphatic carbocycles. The van der Waals surface area contributed by atoms with Crippen molar-refractivity contribution in [3.05, 3.63) is 58.9 Å². The summed E-state index contributed by atoms with van der Waals surface area (Å²) in [5.41, 5.74) is 2.15. The van der Waals surface area contributed by atoms with Gasteiger partial charge in [-0.2, -0.15) is 0 Å². The minimum Gasteiger partial charge on any atom is -0.345 e. The molecule has 1 aromatic carbocycles. The third-order valence-electron chi connectivity index (χ3n) is 7.10. The van der Waals surface area contributed by atoms with Gasteiger partial charge < -0.3 is 14.4 Å². The highest BCUT2D eigenvalue weighted by atomic mass is 35.5. The van der Waals surface area contributed by atoms with Crippen molar-refractivity contribution >= 4 is 23.4 Å². The van der Waals surface area contributed by atoms with Crippen LogP contribution in [0.25, 0.3) is 0 Å². The largest absolute Gasteiger partial charge is 0.345 e. The number of amides is 2. The molecule has 1 fully saturated rings. The molecule has 34 heavy (non-hydrogen) atoms. The Balaban J connectivity index is 1.82. The lowest BCUT2D eigenvalue weighted by molar-refractivity contribution is -0.144. The summed E-state index contributed by atoms with van der Waals surface area (Å²) in [6.07, 6.45) is 9.77. The second kappa shape index (κ2) is 13.0. The molecule has 186 valence electrons. The molecule has 0 radical (unpaired) electrons. The fourth-order valence-corrected chi connectivity index (χ4v) is 5.05. The Bertz CT molecular complexity index is 935. The first-order valence-corrected chi connectivity index (χ1v) is 13.3. The van der Waals surface area contributed by atoms with Gasteiger partial charge in [0.05, 0.1) is 6.54 Å². The number of benzene rings is 1. The lowest BCUT2D eigenvalue weighted by atomic mass is 9.94. The highest BCUT2D eigenvalue weighted by Crippen LogP contribution is 2.26. The summed E-state index contributed by atoms with van der Waals surface area (Å²) in [5.74, 6) is 0.137. The van der Waals surface area contributed by atoms with Gasteiger partial charge in [-0.25, -0.2) is 0 Å². The fourth-order valence-electron chi connectivity index (χ4n) is 4.85. The number of halogens is 1. The monoisotopic (exact) mass is 485 g/mol. The second-order valence-corrected chi connectivity index (χ2v) is 9.97. The predicted octanol–water partition coefficient (Wildman–Crippen LogP) is 6.28. The van der Waals surface area contributed by atoms with E-state index >= 15 is 0 Å². The molecule has 0 bridgehead atoms. The normalized spacial score (nSPS) is 15.2. The Morgan fingerprint density at radius 3 is 2.47 bits per heavy atom. The van der Waals surface area contributed by atoms with Gasteiger partial charge in [0.15, 0.2) is 0 Å². The van der Waals surface area contributed by atoms with E-state index in [-0.39, 0.29) is 30.4 Å². The van der Waals surface area contributed by atoms with Gasteiger partial charge in [0.25, 0.3) is 0 Å². The van der Waals surface area contributed by atoms with Crippen LogP contribution in [0.4, 0.5) is 0 Å². The number of nitrogens with zero attached hydrogens (tertiary/aromatic N) is 3. The van der Waals surface area contributed by atoms with Crippen molar-refractivity contribution < 1.29 is 9.59 Å². The molecule has 5 nitrogen and oxygen atoms in total. The topological polar surface area (TPSA) is 45.6 Å². The fraction of sp³-hybridized carbons (Fsp3) is 0.571. The van der Waals surface area contributed by atoms with Gasteiger partial charge >= 0.3 is 0 Å². The molecule has 1 unspecified atom stereocenters. The first-order chi connectivity index (χ1) is 16.4. The van der Waals surface area contributed by atoms with Crippen LogP contribution in [-0.4, -0.2) is 44.8 Å². The third-order valence-corrected chi connectivity index (χ3v) is 7.47. The van der Waals surface area contributed by atoms with Crippen molar-refractivity contribution in [2.24, 2.45) is 0 Å². The van der Waals surface area contributed by atoms with Crippen LogP contribution in [0.2, 0.25) is 5.02 Å². The first kappa shape index (κ1) is 26.3. The quantitative estimate of drug-likeness (QED) is 0.376. The molecule has 1 atom stereocenters. The van der Waals surface area contributed by atoms with Gasteiger partial charge in [-0.1, -0.05) is 62.9 Å². The van der Waals surface area contributed by atoms with Crippen LogP contribution in [0.15, 0.2) is 42.6 Å². The van der Waals surface area contributed by atoms with Crippen molar-refractivity contribution in [2.45, 2.75) is 97.3 Å². The maximum Gasteiger partial charge on any atom is 0.242 e. The van der Waals surface area contributed by atoms with Gasteiger partial charge in [-0.15, -0.1) is 0 Å². The average molecular weight is 486 g/mol. The highest BCUT2D eigenvalue weighted by Gasteiger charge is 2.30. The summed E-state index contributed by atoms with van der Waals surface area (Å²) in [7, 11) is 0. The van der Waals surface area contributed by atoms with Crippen LogP contribution in [0, 0.1) is 0 Å². The number of hydrogen-bond acceptors (Lipinski definition) is 2. The molecule has 1 heterocycles. The summed E-state index contributed by atoms with van der Waals surface area (Å²) in [6, 6.07) is 12.3. The van der Waals surface area contributed by atoms with Gasteiger partial charge in [0.1, 0.15) is 6.54 Å². The van der Waals surface area contributed by atoms with Crippen molar-refractivity contribution in [1.82, 2.24) is 14.4 Å². The molecule has 1 aliphatic rings. The van der Waals surface area contributed by atoms with Crippen LogP contribution >= 0.6 is 11.6 Å². The highest BCUT2D eigenvalue weighted by molar-refractivity contribution is 6.31. The van der Waals surface area contributed by atoms with E-state index in [1.807, 2.05) is 49.1 Å². The molecular weight excluding hydrogens is 446 g/mol. The Kier molecular flexibility index (Phi) is 10.1. The van der Waals surface area contributed by atoms with E-state index in [9.17, 15) is 9.59 Å². The zero-order valence-electron chi connectivity index (χ0n) is 21.0. The Morgan fingerprint density at radius 1 is 1.06 bits per heavy atom. The number of carbonyl (C=O) groups is 2. The molecular formula is C28H40ClN3O2. The Labute approximate surface area is 210 Å². The van der Waals surface area contributed by atoms with Crippen molar-refractivity contribution in [2.75, 3.05) is 6.54 Å². The van der Waals surface area contributed by atoms with E-state index < -0.39 is 0 Å². The molecule has 1 aromatic heterocycles. The van der Waals surface area contributed by atoms with Crippen LogP contribution in [0.5, 0.6) is 0 Å². The summed E-state index contributed by atoms with van der Waals surface area (Å²) in [5, 5.41) is 0.751. The Morgan fingerprint density at radius 2 is 1.79 bits per heavy atom. The SMILES string of the molecule is CCCC(=O)N(CC(=O)N(Cc1cccn1Cc1ccccc1Cl)C1CCCCC1)C(C)CC. The van der Waals surface area contributed by atoms with Crippen LogP contribution in [0.1, 0.15) is 83.4 Å². The zero-order valence-corrected chi connectivity index (χ0v) is 21.8. The number of aromatic nitrogens is 1. The van der Waals surface area contributed by atoms with Crippen molar-refractivity contribution in [3.63, 3.8) is 0 Å². The van der Waals surface area contributed by atoms with Crippen LogP contribution in [0.3, 0.4) is 0 Å². The van der Waals surface area contributed by atoms with E-state index in [0.29, 0.717) is 19.5 Å². The second-order valence-electron chi connectivity index (χ2n) is 9.56. The van der Waals surface area contributed by atoms with Crippen molar-refractivity contribution in [3.8, 4) is 0 Å². The lowest BCUT2D eigenvalue weighted by Gasteiger charge is -2.37. The average Bonchev–Trinajstić information content (AvgIpc) is 3.29. The minimum atomic E-state index is 0.0558. The third kappa shape index (κ3) is 6.88. The molecule has 0 aliphatic heterocycles. The minimum absolute atomic E-state index is 0.0558. The Hall–Kier alpha value is -2.27. The summed E-state index contributed by atoms with van der Waals surface area (Å²) in [6.45, 7) is 7.51. The molecule has 1 saturated carbocycles. The molecule has 3 rings (SSSR count). The number of rotatable bonds is 11. The molecule has 0 spiro atoms. The molecule has 0 N–H and O–H groups in total. The van der Waals surface area contributed by atoms with E-state index in [4.69, 9.17) is 11.6 Å². The van der Waals surface area contributed by atoms with E-state index in [1.165, 1.54) is 6.42 Å². The maximum atomic E-state index is 13.7. The molecule has 6 heteroatoms. The summed E-state index contributed by atoms with van der Waals surface area (Å²) < 4.78 is 2.18. The molecule has 2 amide bonds. The molecule has 2 aromatic rings. The van der Waals surface area contributed by atoms with E-state index in [2.05, 4.69) is 23.8 Å². The standard InChI is InChI=1S/C28H40ClN3O2/c1-4-12-27(33)31(22(3)5-2)21-28(34)32(24-14-7-6-8-15-24)20-25-16-11-18-30(25)19-23-13-9-10-17-26(23)29/h9-11,13,16-18,22,24H,4-8,12,14-15,19-21H2,1-3H3. The van der Waals surface area contributed by atoms with Gasteiger partial charge in [0, 0.05) is 42.0 Å². The van der Waals surface area contributed by atoms with Gasteiger partial charge in [-0.05, 0) is 56.4 Å². The lowest BCUT2D eigenvalue weighted by Crippen LogP contribution is -2.49. The predicted molar refractivity (Wildman–Crippen MR) is 139 cm³/mol. The number of carbonyl (C=O) groups excluding carboxylic acids is 2. The summed E-state index contributed by atoms with van der Waals surface area (Å²) >= 11 is 6.41. The van der Waals surface area contributed by atoms with Crippen molar-refractivity contribution in [1.29, 1.82) is 0 Å². The van der Waals surface area contributed by atoms with Gasteiger partial charge in [0.2, 0.25) is 11.8 Å². The summed E-state index contributed by atoms with van der Waals surface area (Å²) in [4.78, 5) is 30.4. The van der Waals surface area contributed by atoms with Crippen LogP contribution in [-0.2, 0) is 22.7 Å². The smallest absolute Gasteiger partial charge is 0.242 e. The molecule has 0 saturated heterocycles. The number of hydrogen-bond donors (Lipinski definition) is 0. The van der Waals surface area contributed by atoms with Crippen LogP contribution < -0.4 is 0 Å².